The number of nitrogens with zero attached hydrogens (tertiary/aromatic N) is 4. The highest BCUT2D eigenvalue weighted by Gasteiger charge is 2.28. The molecular weight excluding hydrogens is 348 g/mol. The first-order valence-electron chi connectivity index (χ1n) is 8.84. The number of amides is 1. The molecule has 26 heavy (non-hydrogen) atoms. The Kier molecular flexibility index (Phi) is 4.79. The van der Waals surface area contributed by atoms with Crippen molar-refractivity contribution in [2.45, 2.75) is 25.8 Å². The van der Waals surface area contributed by atoms with Gasteiger partial charge < -0.3 is 9.47 Å². The molecule has 4 rings (SSSR count). The molecule has 0 saturated carbocycles. The van der Waals surface area contributed by atoms with Crippen LogP contribution in [0.25, 0.3) is 11.0 Å². The molecule has 0 aliphatic carbocycles. The zero-order chi connectivity index (χ0) is 17.9. The number of hydrogen-bond donors (Lipinski definition) is 0. The summed E-state index contributed by atoms with van der Waals surface area (Å²) < 4.78 is 2.02. The fraction of sp³-hybridized carbons (Fsp3) is 0.368. The van der Waals surface area contributed by atoms with E-state index in [0.717, 1.165) is 23.9 Å². The normalized spacial score (nSPS) is 15.5. The fourth-order valence-electron chi connectivity index (χ4n) is 3.47. The average Bonchev–Trinajstić information content (AvgIpc) is 3.36. The molecule has 6 nitrogen and oxygen atoms in total. The number of carbonyl (C=O) groups is 2. The Morgan fingerprint density at radius 3 is 2.73 bits per heavy atom. The van der Waals surface area contributed by atoms with Crippen molar-refractivity contribution in [3.8, 4) is 0 Å². The van der Waals surface area contributed by atoms with Crippen LogP contribution in [0.5, 0.6) is 0 Å². The lowest BCUT2D eigenvalue weighted by atomic mass is 9.92. The Hall–Kier alpha value is -2.54. The van der Waals surface area contributed by atoms with Gasteiger partial charge in [0.25, 0.3) is 0 Å². The molecule has 3 aromatic rings. The Morgan fingerprint density at radius 2 is 1.96 bits per heavy atom. The van der Waals surface area contributed by atoms with Gasteiger partial charge in [-0.2, -0.15) is 0 Å². The molecule has 1 aliphatic rings. The van der Waals surface area contributed by atoms with E-state index in [1.165, 1.54) is 11.3 Å². The van der Waals surface area contributed by atoms with Gasteiger partial charge in [0.05, 0.1) is 17.4 Å². The van der Waals surface area contributed by atoms with E-state index in [1.807, 2.05) is 39.1 Å². The summed E-state index contributed by atoms with van der Waals surface area (Å²) >= 11 is 1.39. The Balaban J connectivity index is 1.30. The number of hydrogen-bond acceptors (Lipinski definition) is 5. The van der Waals surface area contributed by atoms with Crippen LogP contribution < -0.4 is 0 Å². The summed E-state index contributed by atoms with van der Waals surface area (Å²) in [5.41, 5.74) is 1.99. The van der Waals surface area contributed by atoms with Crippen molar-refractivity contribution in [2.24, 2.45) is 5.92 Å². The minimum Gasteiger partial charge on any atom is -0.343 e. The van der Waals surface area contributed by atoms with Crippen molar-refractivity contribution >= 4 is 34.1 Å². The minimum atomic E-state index is -0.0113. The van der Waals surface area contributed by atoms with Crippen molar-refractivity contribution in [1.29, 1.82) is 0 Å². The van der Waals surface area contributed by atoms with E-state index >= 15 is 0 Å². The van der Waals surface area contributed by atoms with Gasteiger partial charge in [0.2, 0.25) is 5.91 Å². The SMILES string of the molecule is O=C(c1nccs1)C1CCN(C(=O)CCn2cnc3ccccc32)CC1. The number of aryl methyl sites for hydroxylation is 1. The summed E-state index contributed by atoms with van der Waals surface area (Å²) in [6.45, 7) is 1.91. The molecule has 0 unspecified atom stereocenters. The van der Waals surface area contributed by atoms with Crippen LogP contribution in [-0.2, 0) is 11.3 Å². The topological polar surface area (TPSA) is 68.1 Å². The first-order valence-corrected chi connectivity index (χ1v) is 9.71. The maximum absolute atomic E-state index is 12.5. The second-order valence-corrected chi connectivity index (χ2v) is 7.43. The first-order chi connectivity index (χ1) is 12.7. The standard InChI is InChI=1S/C19H20N4O2S/c24-17(7-11-23-13-21-15-3-1-2-4-16(15)23)22-9-5-14(6-10-22)18(25)19-20-8-12-26-19/h1-4,8,12-14H,5-7,9-11H2. The van der Waals surface area contributed by atoms with Gasteiger partial charge in [-0.1, -0.05) is 12.1 Å². The molecule has 134 valence electrons. The van der Waals surface area contributed by atoms with Crippen molar-refractivity contribution in [3.63, 3.8) is 0 Å². The molecule has 1 aliphatic heterocycles. The lowest BCUT2D eigenvalue weighted by Gasteiger charge is -2.31. The third-order valence-corrected chi connectivity index (χ3v) is 5.74. The first kappa shape index (κ1) is 16.9. The molecular formula is C19H20N4O2S. The Bertz CT molecular complexity index is 911. The van der Waals surface area contributed by atoms with E-state index in [-0.39, 0.29) is 17.6 Å². The molecule has 7 heteroatoms. The number of rotatable bonds is 5. The Morgan fingerprint density at radius 1 is 1.15 bits per heavy atom. The lowest BCUT2D eigenvalue weighted by molar-refractivity contribution is -0.132. The van der Waals surface area contributed by atoms with Crippen LogP contribution in [0.3, 0.4) is 0 Å². The fourth-order valence-corrected chi connectivity index (χ4v) is 4.13. The quantitative estimate of drug-likeness (QED) is 0.649. The molecule has 0 atom stereocenters. The predicted molar refractivity (Wildman–Crippen MR) is 100 cm³/mol. The molecule has 1 saturated heterocycles. The van der Waals surface area contributed by atoms with Crippen LogP contribution in [0.2, 0.25) is 0 Å². The molecule has 0 radical (unpaired) electrons. The van der Waals surface area contributed by atoms with Gasteiger partial charge in [-0.25, -0.2) is 9.97 Å². The number of Topliss-reactive ketones (excluding diaryl/α,β-unsaturated/α-hetero) is 1. The third kappa shape index (κ3) is 3.39. The molecule has 2 aromatic heterocycles. The van der Waals surface area contributed by atoms with Crippen molar-refractivity contribution in [3.05, 3.63) is 47.2 Å². The summed E-state index contributed by atoms with van der Waals surface area (Å²) in [4.78, 5) is 35.3. The number of benzene rings is 1. The predicted octanol–water partition coefficient (Wildman–Crippen LogP) is 3.00. The van der Waals surface area contributed by atoms with Crippen molar-refractivity contribution in [1.82, 2.24) is 19.4 Å². The van der Waals surface area contributed by atoms with E-state index in [2.05, 4.69) is 9.97 Å². The summed E-state index contributed by atoms with van der Waals surface area (Å²) in [7, 11) is 0. The third-order valence-electron chi connectivity index (χ3n) is 4.96. The largest absolute Gasteiger partial charge is 0.343 e. The number of imidazole rings is 1. The summed E-state index contributed by atoms with van der Waals surface area (Å²) in [5, 5.41) is 2.41. The monoisotopic (exact) mass is 368 g/mol. The maximum atomic E-state index is 12.5. The molecule has 0 spiro atoms. The number of thiazole rings is 1. The number of carbonyl (C=O) groups excluding carboxylic acids is 2. The van der Waals surface area contributed by atoms with Crippen LogP contribution in [0.1, 0.15) is 29.1 Å². The van der Waals surface area contributed by atoms with Gasteiger partial charge in [-0.3, -0.25) is 9.59 Å². The van der Waals surface area contributed by atoms with Crippen molar-refractivity contribution in [2.75, 3.05) is 13.1 Å². The summed E-state index contributed by atoms with van der Waals surface area (Å²) in [5.74, 6) is 0.253. The number of likely N-dealkylation sites (tertiary alicyclic amines) is 1. The van der Waals surface area contributed by atoms with E-state index < -0.39 is 0 Å². The minimum absolute atomic E-state index is 0.0113. The molecule has 1 fully saturated rings. The van der Waals surface area contributed by atoms with Gasteiger partial charge in [0.1, 0.15) is 0 Å². The number of piperidine rings is 1. The number of ketones is 1. The Labute approximate surface area is 155 Å². The van der Waals surface area contributed by atoms with Crippen LogP contribution in [0.4, 0.5) is 0 Å². The van der Waals surface area contributed by atoms with Crippen LogP contribution in [-0.4, -0.2) is 44.2 Å². The van der Waals surface area contributed by atoms with Gasteiger partial charge in [-0.05, 0) is 25.0 Å². The molecule has 1 aromatic carbocycles. The van der Waals surface area contributed by atoms with E-state index in [1.54, 1.807) is 12.5 Å². The zero-order valence-corrected chi connectivity index (χ0v) is 15.2. The van der Waals surface area contributed by atoms with Crippen molar-refractivity contribution < 1.29 is 9.59 Å². The summed E-state index contributed by atoms with van der Waals surface area (Å²) in [6.07, 6.45) is 5.34. The van der Waals surface area contributed by atoms with E-state index in [4.69, 9.17) is 0 Å². The highest BCUT2D eigenvalue weighted by Crippen LogP contribution is 2.23. The highest BCUT2D eigenvalue weighted by molar-refractivity contribution is 7.11. The lowest BCUT2D eigenvalue weighted by Crippen LogP contribution is -2.40. The van der Waals surface area contributed by atoms with Crippen LogP contribution >= 0.6 is 11.3 Å². The van der Waals surface area contributed by atoms with Gasteiger partial charge in [0.15, 0.2) is 10.8 Å². The van der Waals surface area contributed by atoms with Gasteiger partial charge >= 0.3 is 0 Å². The highest BCUT2D eigenvalue weighted by atomic mass is 32.1. The second-order valence-electron chi connectivity index (χ2n) is 6.53. The number of para-hydroxylation sites is 2. The van der Waals surface area contributed by atoms with E-state index in [9.17, 15) is 9.59 Å². The second kappa shape index (κ2) is 7.37. The molecule has 1 amide bonds. The number of fused-ring (bicyclic) bond motifs is 1. The van der Waals surface area contributed by atoms with E-state index in [0.29, 0.717) is 31.1 Å². The molecule has 0 N–H and O–H groups in total. The summed E-state index contributed by atoms with van der Waals surface area (Å²) in [6, 6.07) is 7.93. The molecule has 3 heterocycles. The van der Waals surface area contributed by atoms with Crippen LogP contribution in [0, 0.1) is 5.92 Å². The van der Waals surface area contributed by atoms with Gasteiger partial charge in [-0.15, -0.1) is 11.3 Å². The smallest absolute Gasteiger partial charge is 0.224 e. The molecule has 0 bridgehead atoms. The number of aromatic nitrogens is 3. The maximum Gasteiger partial charge on any atom is 0.224 e. The van der Waals surface area contributed by atoms with Crippen LogP contribution in [0.15, 0.2) is 42.2 Å². The van der Waals surface area contributed by atoms with Gasteiger partial charge in [0, 0.05) is 43.5 Å². The average molecular weight is 368 g/mol. The zero-order valence-electron chi connectivity index (χ0n) is 14.4.